The molecule has 19 heavy (non-hydrogen) atoms. The van der Waals surface area contributed by atoms with E-state index in [2.05, 4.69) is 59.5 Å². The summed E-state index contributed by atoms with van der Waals surface area (Å²) in [6, 6.07) is 0.430. The number of hydrogen-bond donors (Lipinski definition) is 2. The largest absolute Gasteiger partial charge is 0.325 e. The van der Waals surface area contributed by atoms with Gasteiger partial charge in [0.05, 0.1) is 6.04 Å². The molecule has 3 aliphatic carbocycles. The van der Waals surface area contributed by atoms with Crippen LogP contribution in [0.1, 0.15) is 19.3 Å². The monoisotopic (exact) mass is 252 g/mol. The smallest absolute Gasteiger partial charge is 0.0592 e. The van der Waals surface area contributed by atoms with Gasteiger partial charge in [0.1, 0.15) is 0 Å². The van der Waals surface area contributed by atoms with E-state index in [4.69, 9.17) is 0 Å². The third-order valence-electron chi connectivity index (χ3n) is 4.77. The van der Waals surface area contributed by atoms with Gasteiger partial charge in [-0.2, -0.15) is 0 Å². The zero-order valence-corrected chi connectivity index (χ0v) is 11.0. The zero-order valence-electron chi connectivity index (χ0n) is 11.0. The highest BCUT2D eigenvalue weighted by molar-refractivity contribution is 5.38. The van der Waals surface area contributed by atoms with E-state index in [1.54, 1.807) is 0 Å². The molecule has 4 atom stereocenters. The average molecular weight is 252 g/mol. The van der Waals surface area contributed by atoms with Gasteiger partial charge in [-0.05, 0) is 36.8 Å². The Bertz CT molecular complexity index is 521. The Morgan fingerprint density at radius 3 is 3.16 bits per heavy atom. The first-order chi connectivity index (χ1) is 9.42. The van der Waals surface area contributed by atoms with Crippen molar-refractivity contribution in [2.24, 2.45) is 17.8 Å². The van der Waals surface area contributed by atoms with Crippen molar-refractivity contribution in [1.82, 2.24) is 10.9 Å². The molecule has 2 heteroatoms. The Morgan fingerprint density at radius 2 is 2.16 bits per heavy atom. The molecule has 0 aromatic rings. The van der Waals surface area contributed by atoms with Crippen molar-refractivity contribution in [1.29, 1.82) is 0 Å². The van der Waals surface area contributed by atoms with Gasteiger partial charge in [0, 0.05) is 17.5 Å². The lowest BCUT2D eigenvalue weighted by molar-refractivity contribution is 0.469. The topological polar surface area (TPSA) is 24.1 Å². The van der Waals surface area contributed by atoms with Gasteiger partial charge in [0.2, 0.25) is 0 Å². The minimum atomic E-state index is 0.430. The Labute approximate surface area is 114 Å². The summed E-state index contributed by atoms with van der Waals surface area (Å²) in [6.45, 7) is 0. The second-order valence-electron chi connectivity index (χ2n) is 5.91. The number of fused-ring (bicyclic) bond motifs is 2. The second-order valence-corrected chi connectivity index (χ2v) is 5.91. The van der Waals surface area contributed by atoms with Crippen molar-refractivity contribution >= 4 is 0 Å². The van der Waals surface area contributed by atoms with Crippen LogP contribution in [0.15, 0.2) is 59.9 Å². The fourth-order valence-electron chi connectivity index (χ4n) is 3.69. The van der Waals surface area contributed by atoms with Crippen molar-refractivity contribution in [3.05, 3.63) is 59.9 Å². The maximum atomic E-state index is 3.47. The van der Waals surface area contributed by atoms with E-state index < -0.39 is 0 Å². The summed E-state index contributed by atoms with van der Waals surface area (Å²) in [4.78, 5) is 0. The molecule has 0 spiro atoms. The van der Waals surface area contributed by atoms with Gasteiger partial charge in [0.25, 0.3) is 0 Å². The molecule has 0 bridgehead atoms. The highest BCUT2D eigenvalue weighted by atomic mass is 15.4. The molecule has 4 unspecified atom stereocenters. The lowest BCUT2D eigenvalue weighted by Crippen LogP contribution is -2.34. The number of hydrazine groups is 1. The van der Waals surface area contributed by atoms with Gasteiger partial charge in [-0.25, -0.2) is 5.43 Å². The molecule has 2 nitrogen and oxygen atoms in total. The van der Waals surface area contributed by atoms with Crippen LogP contribution in [0.25, 0.3) is 0 Å². The van der Waals surface area contributed by atoms with Crippen molar-refractivity contribution in [3.8, 4) is 0 Å². The fourth-order valence-corrected chi connectivity index (χ4v) is 3.69. The van der Waals surface area contributed by atoms with E-state index in [-0.39, 0.29) is 0 Å². The van der Waals surface area contributed by atoms with E-state index in [1.165, 1.54) is 24.1 Å². The molecular formula is C17H20N2. The van der Waals surface area contributed by atoms with Crippen molar-refractivity contribution < 1.29 is 0 Å². The van der Waals surface area contributed by atoms with Gasteiger partial charge in [-0.3, -0.25) is 0 Å². The van der Waals surface area contributed by atoms with Gasteiger partial charge in [-0.15, -0.1) is 0 Å². The molecule has 0 aromatic carbocycles. The highest BCUT2D eigenvalue weighted by Crippen LogP contribution is 2.36. The molecule has 4 rings (SSSR count). The van der Waals surface area contributed by atoms with Crippen molar-refractivity contribution in [2.75, 3.05) is 0 Å². The molecule has 0 radical (unpaired) electrons. The van der Waals surface area contributed by atoms with Gasteiger partial charge >= 0.3 is 0 Å². The molecule has 4 aliphatic rings. The number of hydrogen-bond acceptors (Lipinski definition) is 2. The van der Waals surface area contributed by atoms with Gasteiger partial charge in [-0.1, -0.05) is 42.5 Å². The normalized spacial score (nSPS) is 39.2. The molecule has 0 amide bonds. The lowest BCUT2D eigenvalue weighted by atomic mass is 9.76. The number of allylic oxidation sites excluding steroid dienone is 7. The molecule has 0 saturated carbocycles. The summed E-state index contributed by atoms with van der Waals surface area (Å²) in [5.74, 6) is 1.92. The molecular weight excluding hydrogens is 232 g/mol. The Morgan fingerprint density at radius 1 is 1.16 bits per heavy atom. The number of rotatable bonds is 1. The maximum Gasteiger partial charge on any atom is 0.0592 e. The molecule has 1 aliphatic heterocycles. The molecule has 1 saturated heterocycles. The Balaban J connectivity index is 1.59. The van der Waals surface area contributed by atoms with Crippen LogP contribution in [-0.2, 0) is 0 Å². The highest BCUT2D eigenvalue weighted by Gasteiger charge is 2.34. The quantitative estimate of drug-likeness (QED) is 0.701. The molecule has 1 fully saturated rings. The van der Waals surface area contributed by atoms with Crippen LogP contribution in [0.4, 0.5) is 0 Å². The van der Waals surface area contributed by atoms with Crippen LogP contribution in [-0.4, -0.2) is 6.04 Å². The fraction of sp³-hybridized carbons (Fsp3) is 0.412. The summed E-state index contributed by atoms with van der Waals surface area (Å²) in [6.07, 6.45) is 22.2. The minimum Gasteiger partial charge on any atom is -0.325 e. The SMILES string of the molecule is C1=CCC2C(=C1)NNC2C1=CC2CCC=CC2C=C1. The molecule has 1 heterocycles. The van der Waals surface area contributed by atoms with Crippen molar-refractivity contribution in [3.63, 3.8) is 0 Å². The van der Waals surface area contributed by atoms with Crippen LogP contribution >= 0.6 is 0 Å². The maximum absolute atomic E-state index is 3.47. The van der Waals surface area contributed by atoms with E-state index in [1.807, 2.05) is 0 Å². The predicted molar refractivity (Wildman–Crippen MR) is 78.0 cm³/mol. The first kappa shape index (κ1) is 11.3. The second kappa shape index (κ2) is 4.53. The van der Waals surface area contributed by atoms with E-state index in [0.29, 0.717) is 23.8 Å². The third kappa shape index (κ3) is 1.91. The van der Waals surface area contributed by atoms with E-state index in [0.717, 1.165) is 6.42 Å². The van der Waals surface area contributed by atoms with Crippen LogP contribution in [0.5, 0.6) is 0 Å². The van der Waals surface area contributed by atoms with E-state index in [9.17, 15) is 0 Å². The van der Waals surface area contributed by atoms with Crippen LogP contribution in [0.3, 0.4) is 0 Å². The Hall–Kier alpha value is -1.54. The summed E-state index contributed by atoms with van der Waals surface area (Å²) < 4.78 is 0. The van der Waals surface area contributed by atoms with Gasteiger partial charge in [0.15, 0.2) is 0 Å². The standard InChI is InChI=1S/C17H20N2/c1-2-6-13-11-14(10-9-12(13)5-1)17-15-7-3-4-8-16(15)18-19-17/h1,3-5,8-13,15,17-19H,2,6-7H2. The zero-order chi connectivity index (χ0) is 12.7. The van der Waals surface area contributed by atoms with Crippen LogP contribution in [0.2, 0.25) is 0 Å². The lowest BCUT2D eigenvalue weighted by Gasteiger charge is -2.29. The van der Waals surface area contributed by atoms with Crippen LogP contribution < -0.4 is 10.9 Å². The summed E-state index contributed by atoms with van der Waals surface area (Å²) >= 11 is 0. The van der Waals surface area contributed by atoms with Gasteiger partial charge < -0.3 is 5.43 Å². The Kier molecular flexibility index (Phi) is 2.70. The number of nitrogens with one attached hydrogen (secondary N) is 2. The molecule has 0 aromatic heterocycles. The summed E-state index contributed by atoms with van der Waals surface area (Å²) in [7, 11) is 0. The predicted octanol–water partition coefficient (Wildman–Crippen LogP) is 3.00. The third-order valence-corrected chi connectivity index (χ3v) is 4.77. The molecule has 2 N–H and O–H groups in total. The van der Waals surface area contributed by atoms with Crippen LogP contribution in [0, 0.1) is 17.8 Å². The average Bonchev–Trinajstić information content (AvgIpc) is 2.91. The minimum absolute atomic E-state index is 0.430. The summed E-state index contributed by atoms with van der Waals surface area (Å²) in [5.41, 5.74) is 9.62. The molecule has 98 valence electrons. The van der Waals surface area contributed by atoms with E-state index >= 15 is 0 Å². The van der Waals surface area contributed by atoms with Crippen molar-refractivity contribution in [2.45, 2.75) is 25.3 Å². The first-order valence-electron chi connectivity index (χ1n) is 7.37. The first-order valence-corrected chi connectivity index (χ1v) is 7.37. The summed E-state index contributed by atoms with van der Waals surface area (Å²) in [5, 5.41) is 0.